The van der Waals surface area contributed by atoms with Crippen LogP contribution < -0.4 is 5.32 Å². The van der Waals surface area contributed by atoms with Gasteiger partial charge in [-0.15, -0.1) is 0 Å². The lowest BCUT2D eigenvalue weighted by Crippen LogP contribution is -2.46. The highest BCUT2D eigenvalue weighted by Crippen LogP contribution is 2.37. The first-order valence-electron chi connectivity index (χ1n) is 14.0. The van der Waals surface area contributed by atoms with Crippen LogP contribution in [0.3, 0.4) is 0 Å². The molecule has 218 valence electrons. The number of hydrogen-bond donors (Lipinski definition) is 2. The maximum atomic E-state index is 13.5. The van der Waals surface area contributed by atoms with Crippen molar-refractivity contribution in [3.8, 4) is 11.1 Å². The summed E-state index contributed by atoms with van der Waals surface area (Å²) in [6.45, 7) is 0.765. The zero-order chi connectivity index (χ0) is 30.1. The predicted molar refractivity (Wildman–Crippen MR) is 168 cm³/mol. The minimum atomic E-state index is -0.937. The summed E-state index contributed by atoms with van der Waals surface area (Å²) in [5.41, 5.74) is 5.78. The highest BCUT2D eigenvalue weighted by molar-refractivity contribution is 6.31. The largest absolute Gasteiger partial charge is 0.465 e. The Morgan fingerprint density at radius 1 is 0.953 bits per heavy atom. The van der Waals surface area contributed by atoms with Gasteiger partial charge in [0.25, 0.3) is 5.91 Å². The molecule has 1 aliphatic rings. The number of nitrogens with one attached hydrogen (secondary N) is 1. The van der Waals surface area contributed by atoms with Crippen LogP contribution in [0.15, 0.2) is 85.3 Å². The third kappa shape index (κ3) is 6.07. The number of nitrogens with zero attached hydrogens (tertiary/aromatic N) is 4. The van der Waals surface area contributed by atoms with Crippen molar-refractivity contribution in [3.05, 3.63) is 118 Å². The average Bonchev–Trinajstić information content (AvgIpc) is 3.43. The SMILES string of the molecule is Cn1cncc1C(c1ccc(Cl)cc1)c1ccc2nc(C(=O)NC3CCN(C(=O)O)CC3)cc(-c3cccc(Cl)c3)c2c1. The fraction of sp³-hybridized carbons (Fsp3) is 0.212. The third-order valence-electron chi connectivity index (χ3n) is 7.99. The lowest BCUT2D eigenvalue weighted by Gasteiger charge is -2.30. The Bertz CT molecular complexity index is 1810. The van der Waals surface area contributed by atoms with E-state index >= 15 is 0 Å². The molecule has 2 N–H and O–H groups in total. The summed E-state index contributed by atoms with van der Waals surface area (Å²) in [7, 11) is 1.97. The van der Waals surface area contributed by atoms with Gasteiger partial charge in [-0.25, -0.2) is 14.8 Å². The highest BCUT2D eigenvalue weighted by Gasteiger charge is 2.25. The number of fused-ring (bicyclic) bond motifs is 1. The van der Waals surface area contributed by atoms with Crippen molar-refractivity contribution in [1.82, 2.24) is 24.8 Å². The summed E-state index contributed by atoms with van der Waals surface area (Å²) >= 11 is 12.6. The Hall–Kier alpha value is -4.40. The number of aryl methyl sites for hydroxylation is 1. The second-order valence-corrected chi connectivity index (χ2v) is 11.6. The second kappa shape index (κ2) is 12.1. The van der Waals surface area contributed by atoms with Crippen molar-refractivity contribution >= 4 is 46.1 Å². The summed E-state index contributed by atoms with van der Waals surface area (Å²) < 4.78 is 2.01. The van der Waals surface area contributed by atoms with E-state index in [-0.39, 0.29) is 23.6 Å². The zero-order valence-electron chi connectivity index (χ0n) is 23.4. The maximum absolute atomic E-state index is 13.5. The molecule has 2 aromatic heterocycles. The quantitative estimate of drug-likeness (QED) is 0.215. The number of rotatable bonds is 6. The number of piperidine rings is 1. The van der Waals surface area contributed by atoms with Crippen molar-refractivity contribution in [2.75, 3.05) is 13.1 Å². The molecule has 1 fully saturated rings. The average molecular weight is 615 g/mol. The fourth-order valence-corrected chi connectivity index (χ4v) is 6.06. The van der Waals surface area contributed by atoms with Crippen molar-refractivity contribution < 1.29 is 14.7 Å². The molecule has 10 heteroatoms. The van der Waals surface area contributed by atoms with Crippen LogP contribution >= 0.6 is 23.2 Å². The molecule has 6 rings (SSSR count). The fourth-order valence-electron chi connectivity index (χ4n) is 5.74. The molecule has 3 aromatic carbocycles. The van der Waals surface area contributed by atoms with Crippen LogP contribution in [-0.4, -0.2) is 55.7 Å². The van der Waals surface area contributed by atoms with Gasteiger partial charge in [-0.3, -0.25) is 4.79 Å². The van der Waals surface area contributed by atoms with E-state index in [4.69, 9.17) is 28.2 Å². The third-order valence-corrected chi connectivity index (χ3v) is 8.48. The van der Waals surface area contributed by atoms with Gasteiger partial charge < -0.3 is 19.9 Å². The molecule has 1 saturated heterocycles. The van der Waals surface area contributed by atoms with E-state index in [0.717, 1.165) is 33.3 Å². The van der Waals surface area contributed by atoms with Crippen LogP contribution in [0.25, 0.3) is 22.0 Å². The van der Waals surface area contributed by atoms with E-state index < -0.39 is 6.09 Å². The topological polar surface area (TPSA) is 100 Å². The number of likely N-dealkylation sites (tertiary alicyclic amines) is 1. The molecule has 0 bridgehead atoms. The highest BCUT2D eigenvalue weighted by atomic mass is 35.5. The molecule has 0 aliphatic carbocycles. The van der Waals surface area contributed by atoms with E-state index in [0.29, 0.717) is 41.5 Å². The number of amides is 2. The normalized spacial score (nSPS) is 14.5. The van der Waals surface area contributed by atoms with Crippen LogP contribution in [0.5, 0.6) is 0 Å². The van der Waals surface area contributed by atoms with Crippen molar-refractivity contribution in [2.24, 2.45) is 7.05 Å². The zero-order valence-corrected chi connectivity index (χ0v) is 24.9. The first-order chi connectivity index (χ1) is 20.8. The van der Waals surface area contributed by atoms with Crippen LogP contribution in [0.1, 0.15) is 46.1 Å². The van der Waals surface area contributed by atoms with Gasteiger partial charge in [-0.2, -0.15) is 0 Å². The molecule has 5 aromatic rings. The molecular formula is C33H29Cl2N5O3. The van der Waals surface area contributed by atoms with Gasteiger partial charge in [0.15, 0.2) is 0 Å². The van der Waals surface area contributed by atoms with Gasteiger partial charge >= 0.3 is 6.09 Å². The van der Waals surface area contributed by atoms with Crippen molar-refractivity contribution in [3.63, 3.8) is 0 Å². The van der Waals surface area contributed by atoms with E-state index in [1.165, 1.54) is 4.90 Å². The Kier molecular flexibility index (Phi) is 8.06. The molecule has 1 atom stereocenters. The van der Waals surface area contributed by atoms with Gasteiger partial charge in [0.1, 0.15) is 5.69 Å². The second-order valence-electron chi connectivity index (χ2n) is 10.8. The number of carboxylic acid groups (broad SMARTS) is 1. The molecular weight excluding hydrogens is 585 g/mol. The van der Waals surface area contributed by atoms with Gasteiger partial charge in [0.05, 0.1) is 17.8 Å². The van der Waals surface area contributed by atoms with Gasteiger partial charge in [0.2, 0.25) is 0 Å². The summed E-state index contributed by atoms with van der Waals surface area (Å²) in [5.74, 6) is -0.419. The Morgan fingerprint density at radius 2 is 1.70 bits per heavy atom. The molecule has 1 unspecified atom stereocenters. The minimum Gasteiger partial charge on any atom is -0.465 e. The number of imidazole rings is 1. The molecule has 0 saturated carbocycles. The molecule has 43 heavy (non-hydrogen) atoms. The lowest BCUT2D eigenvalue weighted by molar-refractivity contribution is 0.0902. The number of aromatic nitrogens is 3. The Labute approximate surface area is 258 Å². The van der Waals surface area contributed by atoms with E-state index in [1.54, 1.807) is 12.4 Å². The van der Waals surface area contributed by atoms with Crippen LogP contribution in [0, 0.1) is 0 Å². The number of pyridine rings is 1. The Balaban J connectivity index is 1.43. The first kappa shape index (κ1) is 28.7. The number of carbonyl (C=O) groups is 2. The summed E-state index contributed by atoms with van der Waals surface area (Å²) in [4.78, 5) is 35.2. The van der Waals surface area contributed by atoms with Gasteiger partial charge in [0, 0.05) is 53.5 Å². The maximum Gasteiger partial charge on any atom is 0.407 e. The number of hydrogen-bond acceptors (Lipinski definition) is 4. The lowest BCUT2D eigenvalue weighted by atomic mass is 9.87. The number of benzene rings is 3. The van der Waals surface area contributed by atoms with Crippen LogP contribution in [0.2, 0.25) is 10.0 Å². The molecule has 2 amide bonds. The predicted octanol–water partition coefficient (Wildman–Crippen LogP) is 6.99. The molecule has 0 spiro atoms. The first-order valence-corrected chi connectivity index (χ1v) is 14.7. The molecule has 0 radical (unpaired) electrons. The van der Waals surface area contributed by atoms with Crippen molar-refractivity contribution in [2.45, 2.75) is 24.8 Å². The summed E-state index contributed by atoms with van der Waals surface area (Å²) in [5, 5.41) is 14.4. The van der Waals surface area contributed by atoms with Crippen LogP contribution in [-0.2, 0) is 7.05 Å². The van der Waals surface area contributed by atoms with E-state index in [2.05, 4.69) is 16.4 Å². The van der Waals surface area contributed by atoms with Gasteiger partial charge in [-0.1, -0.05) is 53.5 Å². The van der Waals surface area contributed by atoms with Gasteiger partial charge in [-0.05, 0) is 77.6 Å². The van der Waals surface area contributed by atoms with E-state index in [1.807, 2.05) is 78.5 Å². The molecule has 1 aliphatic heterocycles. The number of halogens is 2. The van der Waals surface area contributed by atoms with Crippen molar-refractivity contribution in [1.29, 1.82) is 0 Å². The standard InChI is InChI=1S/C33H29Cl2N5O3/c1-39-19-36-18-30(39)31(20-5-8-23(34)9-6-20)22-7-10-28-27(16-22)26(21-3-2-4-24(35)15-21)17-29(38-28)32(41)37-25-11-13-40(14-12-25)33(42)43/h2-10,15-19,25,31H,11-14H2,1H3,(H,37,41)(H,42,43). The molecule has 3 heterocycles. The molecule has 8 nitrogen and oxygen atoms in total. The van der Waals surface area contributed by atoms with E-state index in [9.17, 15) is 14.7 Å². The summed E-state index contributed by atoms with van der Waals surface area (Å²) in [6.07, 6.45) is 3.82. The smallest absolute Gasteiger partial charge is 0.407 e. The number of carbonyl (C=O) groups excluding carboxylic acids is 1. The monoisotopic (exact) mass is 613 g/mol. The van der Waals surface area contributed by atoms with Crippen LogP contribution in [0.4, 0.5) is 4.79 Å². The Morgan fingerprint density at radius 3 is 2.37 bits per heavy atom. The minimum absolute atomic E-state index is 0.124. The summed E-state index contributed by atoms with van der Waals surface area (Å²) in [6, 6.07) is 23.1.